The summed E-state index contributed by atoms with van der Waals surface area (Å²) in [6.45, 7) is 2.73. The molecule has 7 nitrogen and oxygen atoms in total. The average Bonchev–Trinajstić information content (AvgIpc) is 3.48. The highest BCUT2D eigenvalue weighted by molar-refractivity contribution is 6.30. The van der Waals surface area contributed by atoms with Crippen LogP contribution in [0.15, 0.2) is 75.7 Å². The van der Waals surface area contributed by atoms with Gasteiger partial charge in [-0.3, -0.25) is 9.69 Å². The van der Waals surface area contributed by atoms with Crippen LogP contribution < -0.4 is 11.1 Å². The molecule has 3 heterocycles. The van der Waals surface area contributed by atoms with Crippen molar-refractivity contribution in [2.24, 2.45) is 0 Å². The number of hydrogen-bond acceptors (Lipinski definition) is 6. The number of amides is 1. The Morgan fingerprint density at radius 3 is 2.59 bits per heavy atom. The van der Waals surface area contributed by atoms with Gasteiger partial charge in [-0.1, -0.05) is 59.2 Å². The fraction of sp³-hybridized carbons (Fsp3) is 0.231. The first-order valence-corrected chi connectivity index (χ1v) is 11.6. The zero-order valence-corrected chi connectivity index (χ0v) is 19.3. The van der Waals surface area contributed by atoms with E-state index in [2.05, 4.69) is 39.6 Å². The number of likely N-dealkylation sites (tertiary alicyclic amines) is 1. The normalized spacial score (nSPS) is 14.9. The van der Waals surface area contributed by atoms with E-state index in [0.29, 0.717) is 16.5 Å². The van der Waals surface area contributed by atoms with Gasteiger partial charge in [0.1, 0.15) is 11.3 Å². The van der Waals surface area contributed by atoms with E-state index in [9.17, 15) is 4.79 Å². The van der Waals surface area contributed by atoms with E-state index in [1.54, 1.807) is 24.3 Å². The van der Waals surface area contributed by atoms with Gasteiger partial charge < -0.3 is 20.0 Å². The first kappa shape index (κ1) is 22.3. The van der Waals surface area contributed by atoms with Crippen LogP contribution in [0.2, 0.25) is 5.02 Å². The molecule has 0 radical (unpaired) electrons. The lowest BCUT2D eigenvalue weighted by atomic mass is 10.0. The molecular weight excluding hydrogens is 452 g/mol. The molecule has 8 heteroatoms. The molecule has 0 atom stereocenters. The van der Waals surface area contributed by atoms with Crippen LogP contribution in [-0.4, -0.2) is 35.1 Å². The van der Waals surface area contributed by atoms with E-state index >= 15 is 0 Å². The predicted octanol–water partition coefficient (Wildman–Crippen LogP) is 5.23. The molecule has 1 amide bonds. The van der Waals surface area contributed by atoms with Gasteiger partial charge in [0, 0.05) is 36.3 Å². The lowest BCUT2D eigenvalue weighted by molar-refractivity contribution is 0.0910. The number of nitrogens with one attached hydrogen (secondary N) is 1. The molecule has 1 saturated heterocycles. The summed E-state index contributed by atoms with van der Waals surface area (Å²) in [4.78, 5) is 15.5. The Morgan fingerprint density at radius 1 is 1.06 bits per heavy atom. The van der Waals surface area contributed by atoms with Gasteiger partial charge in [-0.25, -0.2) is 0 Å². The van der Waals surface area contributed by atoms with E-state index in [-0.39, 0.29) is 29.1 Å². The zero-order chi connectivity index (χ0) is 23.5. The smallest absolute Gasteiger partial charge is 0.259 e. The summed E-state index contributed by atoms with van der Waals surface area (Å²) in [6, 6.07) is 21.3. The van der Waals surface area contributed by atoms with Gasteiger partial charge in [-0.05, 0) is 42.7 Å². The number of anilines is 1. The molecule has 0 bridgehead atoms. The van der Waals surface area contributed by atoms with Crippen LogP contribution in [-0.2, 0) is 6.54 Å². The Labute approximate surface area is 202 Å². The van der Waals surface area contributed by atoms with Gasteiger partial charge >= 0.3 is 0 Å². The molecule has 1 fully saturated rings. The van der Waals surface area contributed by atoms with Crippen molar-refractivity contribution < 1.29 is 13.7 Å². The second-order valence-corrected chi connectivity index (χ2v) is 8.89. The Hall–Kier alpha value is -3.55. The highest BCUT2D eigenvalue weighted by atomic mass is 35.5. The van der Waals surface area contributed by atoms with Crippen LogP contribution in [0, 0.1) is 0 Å². The SMILES string of the molecule is Nc1onc(-c2ccc(-c3cccc(Cl)c3)o2)c1C(=O)NC1CCN(Cc2ccccc2)CC1. The number of furan rings is 1. The van der Waals surface area contributed by atoms with Crippen molar-refractivity contribution in [3.05, 3.63) is 82.9 Å². The van der Waals surface area contributed by atoms with Gasteiger partial charge in [0.15, 0.2) is 11.5 Å². The molecule has 5 rings (SSSR count). The van der Waals surface area contributed by atoms with Crippen molar-refractivity contribution in [1.82, 2.24) is 15.4 Å². The number of nitrogens with zero attached hydrogens (tertiary/aromatic N) is 2. The molecule has 0 spiro atoms. The van der Waals surface area contributed by atoms with Crippen molar-refractivity contribution in [3.63, 3.8) is 0 Å². The fourth-order valence-corrected chi connectivity index (χ4v) is 4.48. The van der Waals surface area contributed by atoms with Crippen molar-refractivity contribution in [1.29, 1.82) is 0 Å². The first-order chi connectivity index (χ1) is 16.6. The minimum absolute atomic E-state index is 0.0327. The third kappa shape index (κ3) is 4.85. The largest absolute Gasteiger partial charge is 0.454 e. The van der Waals surface area contributed by atoms with Crippen LogP contribution in [0.25, 0.3) is 22.8 Å². The van der Waals surface area contributed by atoms with Crippen LogP contribution in [0.5, 0.6) is 0 Å². The van der Waals surface area contributed by atoms with Gasteiger partial charge in [0.25, 0.3) is 5.91 Å². The third-order valence-electron chi connectivity index (χ3n) is 6.07. The van der Waals surface area contributed by atoms with E-state index in [1.807, 2.05) is 18.2 Å². The summed E-state index contributed by atoms with van der Waals surface area (Å²) in [5, 5.41) is 7.70. The third-order valence-corrected chi connectivity index (χ3v) is 6.30. The zero-order valence-electron chi connectivity index (χ0n) is 18.5. The van der Waals surface area contributed by atoms with Gasteiger partial charge in [-0.15, -0.1) is 0 Å². The van der Waals surface area contributed by atoms with E-state index in [1.165, 1.54) is 5.56 Å². The number of aromatic nitrogens is 1. The molecule has 174 valence electrons. The lowest BCUT2D eigenvalue weighted by Gasteiger charge is -2.32. The number of carbonyl (C=O) groups is 1. The van der Waals surface area contributed by atoms with E-state index < -0.39 is 0 Å². The predicted molar refractivity (Wildman–Crippen MR) is 131 cm³/mol. The van der Waals surface area contributed by atoms with Gasteiger partial charge in [0.2, 0.25) is 5.88 Å². The topological polar surface area (TPSA) is 97.5 Å². The molecule has 34 heavy (non-hydrogen) atoms. The van der Waals surface area contributed by atoms with Crippen LogP contribution in [0.4, 0.5) is 5.88 Å². The monoisotopic (exact) mass is 476 g/mol. The molecule has 3 N–H and O–H groups in total. The summed E-state index contributed by atoms with van der Waals surface area (Å²) in [5.41, 5.74) is 8.57. The lowest BCUT2D eigenvalue weighted by Crippen LogP contribution is -2.44. The maximum absolute atomic E-state index is 13.1. The highest BCUT2D eigenvalue weighted by Crippen LogP contribution is 2.33. The summed E-state index contributed by atoms with van der Waals surface area (Å²) < 4.78 is 11.1. The van der Waals surface area contributed by atoms with Gasteiger partial charge in [0.05, 0.1) is 0 Å². The number of nitrogens with two attached hydrogens (primary N) is 1. The average molecular weight is 477 g/mol. The summed E-state index contributed by atoms with van der Waals surface area (Å²) >= 11 is 6.09. The minimum atomic E-state index is -0.309. The van der Waals surface area contributed by atoms with Crippen molar-refractivity contribution in [2.45, 2.75) is 25.4 Å². The second kappa shape index (κ2) is 9.75. The maximum Gasteiger partial charge on any atom is 0.259 e. The number of carbonyl (C=O) groups excluding carboxylic acids is 1. The molecule has 0 aliphatic carbocycles. The number of halogens is 1. The maximum atomic E-state index is 13.1. The quantitative estimate of drug-likeness (QED) is 0.395. The Kier molecular flexibility index (Phi) is 6.38. The first-order valence-electron chi connectivity index (χ1n) is 11.3. The molecule has 2 aromatic heterocycles. The van der Waals surface area contributed by atoms with Crippen LogP contribution in [0.1, 0.15) is 28.8 Å². The molecular formula is C26H25ClN4O3. The molecule has 1 aliphatic heterocycles. The van der Waals surface area contributed by atoms with Gasteiger partial charge in [-0.2, -0.15) is 0 Å². The second-order valence-electron chi connectivity index (χ2n) is 8.45. The number of hydrogen-bond donors (Lipinski definition) is 2. The Bertz CT molecular complexity index is 1280. The molecule has 0 saturated carbocycles. The van der Waals surface area contributed by atoms with E-state index in [4.69, 9.17) is 26.3 Å². The standard InChI is InChI=1S/C26H25ClN4O3/c27-19-8-4-7-18(15-19)21-9-10-22(33-21)24-23(25(28)34-30-24)26(32)29-20-11-13-31(14-12-20)16-17-5-2-1-3-6-17/h1-10,15,20H,11-14,16,28H2,(H,29,32). The Morgan fingerprint density at radius 2 is 1.82 bits per heavy atom. The van der Waals surface area contributed by atoms with Crippen LogP contribution >= 0.6 is 11.6 Å². The van der Waals surface area contributed by atoms with Crippen molar-refractivity contribution >= 4 is 23.4 Å². The summed E-state index contributed by atoms with van der Waals surface area (Å²) in [7, 11) is 0. The summed E-state index contributed by atoms with van der Waals surface area (Å²) in [5.74, 6) is 0.667. The highest BCUT2D eigenvalue weighted by Gasteiger charge is 2.28. The molecule has 0 unspecified atom stereocenters. The van der Waals surface area contributed by atoms with E-state index in [0.717, 1.165) is 38.0 Å². The summed E-state index contributed by atoms with van der Waals surface area (Å²) in [6.07, 6.45) is 1.72. The molecule has 2 aromatic carbocycles. The van der Waals surface area contributed by atoms with Crippen molar-refractivity contribution in [3.8, 4) is 22.8 Å². The van der Waals surface area contributed by atoms with Crippen LogP contribution in [0.3, 0.4) is 0 Å². The minimum Gasteiger partial charge on any atom is -0.454 e. The molecule has 4 aromatic rings. The number of piperidine rings is 1. The number of rotatable bonds is 6. The number of nitrogen functional groups attached to an aromatic ring is 1. The number of benzene rings is 2. The fourth-order valence-electron chi connectivity index (χ4n) is 4.29. The van der Waals surface area contributed by atoms with Crippen molar-refractivity contribution in [2.75, 3.05) is 18.8 Å². The molecule has 1 aliphatic rings. The Balaban J connectivity index is 1.25.